The van der Waals surface area contributed by atoms with E-state index in [4.69, 9.17) is 17.0 Å². The fourth-order valence-electron chi connectivity index (χ4n) is 3.16. The minimum absolute atomic E-state index is 0.0196. The van der Waals surface area contributed by atoms with Crippen LogP contribution in [0.2, 0.25) is 0 Å². The van der Waals surface area contributed by atoms with Gasteiger partial charge in [0.2, 0.25) is 0 Å². The summed E-state index contributed by atoms with van der Waals surface area (Å²) < 4.78 is 6.08. The Kier molecular flexibility index (Phi) is 5.02. The molecule has 0 bridgehead atoms. The summed E-state index contributed by atoms with van der Waals surface area (Å²) in [6.45, 7) is 0. The van der Waals surface area contributed by atoms with Gasteiger partial charge in [0, 0.05) is 6.04 Å². The monoisotopic (exact) mass is 394 g/mol. The van der Waals surface area contributed by atoms with Crippen molar-refractivity contribution < 1.29 is 9.53 Å². The summed E-state index contributed by atoms with van der Waals surface area (Å²) in [6.07, 6.45) is 7.50. The van der Waals surface area contributed by atoms with Crippen LogP contribution < -0.4 is 10.1 Å². The summed E-state index contributed by atoms with van der Waals surface area (Å²) in [7, 11) is 1.63. The summed E-state index contributed by atoms with van der Waals surface area (Å²) in [5.74, 6) is 0.742. The van der Waals surface area contributed by atoms with Gasteiger partial charge in [-0.1, -0.05) is 25.3 Å². The van der Waals surface area contributed by atoms with E-state index in [9.17, 15) is 4.79 Å². The van der Waals surface area contributed by atoms with E-state index in [2.05, 4.69) is 21.2 Å². The van der Waals surface area contributed by atoms with Gasteiger partial charge < -0.3 is 10.1 Å². The number of nitrogens with zero attached hydrogens (tertiary/aromatic N) is 1. The predicted molar refractivity (Wildman–Crippen MR) is 98.1 cm³/mol. The fourth-order valence-corrected chi connectivity index (χ4v) is 4.06. The average Bonchev–Trinajstić information content (AvgIpc) is 2.82. The fraction of sp³-hybridized carbons (Fsp3) is 0.412. The van der Waals surface area contributed by atoms with E-state index in [0.717, 1.165) is 28.6 Å². The van der Waals surface area contributed by atoms with Gasteiger partial charge in [-0.25, -0.2) is 0 Å². The molecular formula is C17H19BrN2O2S. The van der Waals surface area contributed by atoms with Gasteiger partial charge in [-0.05, 0) is 64.8 Å². The number of carbonyl (C=O) groups excluding carboxylic acids is 1. The van der Waals surface area contributed by atoms with Crippen LogP contribution in [0, 0.1) is 0 Å². The molecule has 0 aromatic heterocycles. The van der Waals surface area contributed by atoms with Gasteiger partial charge in [0.05, 0.1) is 11.6 Å². The topological polar surface area (TPSA) is 41.6 Å². The number of benzene rings is 1. The zero-order chi connectivity index (χ0) is 16.4. The molecular weight excluding hydrogens is 376 g/mol. The number of rotatable bonds is 3. The number of carbonyl (C=O) groups is 1. The Labute approximate surface area is 150 Å². The minimum atomic E-state index is -0.0196. The molecule has 1 saturated carbocycles. The SMILES string of the molecule is COc1ccc(/C=C2/NC(=S)N(C3CCCCC3)C2=O)cc1Br. The largest absolute Gasteiger partial charge is 0.496 e. The van der Waals surface area contributed by atoms with Crippen LogP contribution in [0.15, 0.2) is 28.4 Å². The van der Waals surface area contributed by atoms with Crippen molar-refractivity contribution >= 4 is 45.2 Å². The Morgan fingerprint density at radius 1 is 1.35 bits per heavy atom. The molecule has 0 unspecified atom stereocenters. The summed E-state index contributed by atoms with van der Waals surface area (Å²) in [5, 5.41) is 3.60. The van der Waals surface area contributed by atoms with E-state index in [0.29, 0.717) is 10.8 Å². The van der Waals surface area contributed by atoms with Gasteiger partial charge in [-0.2, -0.15) is 0 Å². The van der Waals surface area contributed by atoms with Crippen LogP contribution in [0.3, 0.4) is 0 Å². The van der Waals surface area contributed by atoms with E-state index < -0.39 is 0 Å². The number of hydrogen-bond donors (Lipinski definition) is 1. The second-order valence-corrected chi connectivity index (χ2v) is 7.09. The van der Waals surface area contributed by atoms with Crippen molar-refractivity contribution in [2.24, 2.45) is 0 Å². The molecule has 3 rings (SSSR count). The van der Waals surface area contributed by atoms with Gasteiger partial charge >= 0.3 is 0 Å². The number of ether oxygens (including phenoxy) is 1. The summed E-state index contributed by atoms with van der Waals surface area (Å²) in [4.78, 5) is 14.5. The number of methoxy groups -OCH3 is 1. The van der Waals surface area contributed by atoms with Crippen LogP contribution in [0.4, 0.5) is 0 Å². The molecule has 2 aliphatic rings. The average molecular weight is 395 g/mol. The number of halogens is 1. The highest BCUT2D eigenvalue weighted by Crippen LogP contribution is 2.29. The van der Waals surface area contributed by atoms with Crippen LogP contribution in [-0.4, -0.2) is 29.1 Å². The molecule has 1 aliphatic heterocycles. The Hall–Kier alpha value is -1.40. The lowest BCUT2D eigenvalue weighted by Gasteiger charge is -2.29. The number of thiocarbonyl (C=S) groups is 1. The first-order chi connectivity index (χ1) is 11.1. The molecule has 2 fully saturated rings. The minimum Gasteiger partial charge on any atom is -0.496 e. The molecule has 1 N–H and O–H groups in total. The normalized spacial score (nSPS) is 21.0. The maximum Gasteiger partial charge on any atom is 0.276 e. The molecule has 122 valence electrons. The predicted octanol–water partition coefficient (Wildman–Crippen LogP) is 3.85. The summed E-state index contributed by atoms with van der Waals surface area (Å²) in [6, 6.07) is 5.95. The van der Waals surface area contributed by atoms with Gasteiger partial charge in [0.15, 0.2) is 5.11 Å². The van der Waals surface area contributed by atoms with Crippen molar-refractivity contribution in [1.82, 2.24) is 10.2 Å². The molecule has 0 radical (unpaired) electrons. The van der Waals surface area contributed by atoms with Gasteiger partial charge in [-0.15, -0.1) is 0 Å². The lowest BCUT2D eigenvalue weighted by molar-refractivity contribution is -0.124. The van der Waals surface area contributed by atoms with Crippen molar-refractivity contribution in [3.63, 3.8) is 0 Å². The van der Waals surface area contributed by atoms with Crippen LogP contribution in [0.25, 0.3) is 6.08 Å². The third-order valence-corrected chi connectivity index (χ3v) is 5.25. The molecule has 0 atom stereocenters. The third kappa shape index (κ3) is 3.43. The first-order valence-corrected chi connectivity index (χ1v) is 9.00. The first kappa shape index (κ1) is 16.5. The molecule has 0 spiro atoms. The lowest BCUT2D eigenvalue weighted by Crippen LogP contribution is -2.41. The van der Waals surface area contributed by atoms with Crippen molar-refractivity contribution in [3.8, 4) is 5.75 Å². The maximum atomic E-state index is 12.7. The second-order valence-electron chi connectivity index (χ2n) is 5.85. The maximum absolute atomic E-state index is 12.7. The molecule has 1 aliphatic carbocycles. The highest BCUT2D eigenvalue weighted by molar-refractivity contribution is 9.10. The smallest absolute Gasteiger partial charge is 0.276 e. The number of nitrogens with one attached hydrogen (secondary N) is 1. The van der Waals surface area contributed by atoms with Gasteiger partial charge in [0.25, 0.3) is 5.91 Å². The third-order valence-electron chi connectivity index (χ3n) is 4.34. The second kappa shape index (κ2) is 7.01. The molecule has 4 nitrogen and oxygen atoms in total. The highest BCUT2D eigenvalue weighted by Gasteiger charge is 2.36. The van der Waals surface area contributed by atoms with Crippen LogP contribution in [-0.2, 0) is 4.79 Å². The molecule has 1 aromatic carbocycles. The first-order valence-electron chi connectivity index (χ1n) is 7.80. The highest BCUT2D eigenvalue weighted by atomic mass is 79.9. The van der Waals surface area contributed by atoms with Crippen LogP contribution >= 0.6 is 28.1 Å². The van der Waals surface area contributed by atoms with Crippen molar-refractivity contribution in [3.05, 3.63) is 33.9 Å². The van der Waals surface area contributed by atoms with E-state index in [1.165, 1.54) is 19.3 Å². The summed E-state index contributed by atoms with van der Waals surface area (Å²) in [5.41, 5.74) is 1.46. The van der Waals surface area contributed by atoms with Crippen LogP contribution in [0.1, 0.15) is 37.7 Å². The van der Waals surface area contributed by atoms with Crippen molar-refractivity contribution in [2.45, 2.75) is 38.1 Å². The molecule has 1 aromatic rings. The lowest BCUT2D eigenvalue weighted by atomic mass is 9.94. The number of hydrogen-bond acceptors (Lipinski definition) is 3. The van der Waals surface area contributed by atoms with E-state index in [-0.39, 0.29) is 11.9 Å². The molecule has 1 amide bonds. The van der Waals surface area contributed by atoms with E-state index in [1.54, 1.807) is 12.0 Å². The summed E-state index contributed by atoms with van der Waals surface area (Å²) >= 11 is 8.84. The van der Waals surface area contributed by atoms with Crippen LogP contribution in [0.5, 0.6) is 5.75 Å². The Morgan fingerprint density at radius 3 is 2.74 bits per heavy atom. The van der Waals surface area contributed by atoms with Gasteiger partial charge in [0.1, 0.15) is 11.4 Å². The molecule has 23 heavy (non-hydrogen) atoms. The number of amides is 1. The Morgan fingerprint density at radius 2 is 2.09 bits per heavy atom. The Bertz CT molecular complexity index is 669. The van der Waals surface area contributed by atoms with E-state index in [1.807, 2.05) is 24.3 Å². The molecule has 6 heteroatoms. The quantitative estimate of drug-likeness (QED) is 0.624. The van der Waals surface area contributed by atoms with Crippen molar-refractivity contribution in [1.29, 1.82) is 0 Å². The molecule has 1 saturated heterocycles. The standard InChI is InChI=1S/C17H19BrN2O2S/c1-22-15-8-7-11(9-13(15)18)10-14-16(21)20(17(23)19-14)12-5-3-2-4-6-12/h7-10,12H,2-6H2,1H3,(H,19,23)/b14-10+. The zero-order valence-corrected chi connectivity index (χ0v) is 15.4. The van der Waals surface area contributed by atoms with E-state index >= 15 is 0 Å². The van der Waals surface area contributed by atoms with Crippen molar-refractivity contribution in [2.75, 3.05) is 7.11 Å². The Balaban J connectivity index is 1.82. The zero-order valence-electron chi connectivity index (χ0n) is 13.0. The molecule has 1 heterocycles. The van der Waals surface area contributed by atoms with Gasteiger partial charge in [-0.3, -0.25) is 9.69 Å².